The van der Waals surface area contributed by atoms with E-state index in [4.69, 9.17) is 0 Å². The first-order valence-electron chi connectivity index (χ1n) is 12.7. The summed E-state index contributed by atoms with van der Waals surface area (Å²) < 4.78 is 0. The molecular formula is C29H32N6OS. The van der Waals surface area contributed by atoms with Crippen molar-refractivity contribution < 1.29 is 4.79 Å². The topological polar surface area (TPSA) is 73.4 Å². The van der Waals surface area contributed by atoms with Gasteiger partial charge in [-0.25, -0.2) is 4.98 Å². The number of anilines is 3. The molecule has 3 heterocycles. The van der Waals surface area contributed by atoms with Crippen LogP contribution in [0.1, 0.15) is 28.4 Å². The molecule has 0 aliphatic carbocycles. The Hall–Kier alpha value is -3.59. The lowest BCUT2D eigenvalue weighted by atomic mass is 10.1. The van der Waals surface area contributed by atoms with Crippen LogP contribution >= 0.6 is 11.3 Å². The highest BCUT2D eigenvalue weighted by Gasteiger charge is 2.16. The Morgan fingerprint density at radius 1 is 1.03 bits per heavy atom. The van der Waals surface area contributed by atoms with Gasteiger partial charge in [-0.3, -0.25) is 14.7 Å². The quantitative estimate of drug-likeness (QED) is 0.318. The van der Waals surface area contributed by atoms with Gasteiger partial charge < -0.3 is 15.5 Å². The largest absolute Gasteiger partial charge is 0.331 e. The van der Waals surface area contributed by atoms with E-state index in [9.17, 15) is 4.79 Å². The van der Waals surface area contributed by atoms with E-state index in [1.54, 1.807) is 12.4 Å². The summed E-state index contributed by atoms with van der Waals surface area (Å²) in [5.41, 5.74) is 6.46. The number of carbonyl (C=O) groups is 1. The standard InChI is InChI=1S/C29H32N6OS/c1-3-34-13-15-35(16-14-34)19-22-7-9-23(10-8-22)28(36)31-25-11-6-21(2)26(17-25)32-29-33-27(20-37-29)24-5-4-12-30-18-24/h4-12,17-18,20H,3,13-16,19H2,1-2H3,(H,31,36)(H,32,33). The average molecular weight is 513 g/mol. The van der Waals surface area contributed by atoms with E-state index in [-0.39, 0.29) is 5.91 Å². The number of amides is 1. The molecule has 0 atom stereocenters. The molecule has 0 radical (unpaired) electrons. The lowest BCUT2D eigenvalue weighted by molar-refractivity contribution is 0.102. The van der Waals surface area contributed by atoms with Gasteiger partial charge in [0.2, 0.25) is 0 Å². The second-order valence-electron chi connectivity index (χ2n) is 9.30. The summed E-state index contributed by atoms with van der Waals surface area (Å²) >= 11 is 1.54. The molecule has 0 bridgehead atoms. The number of likely N-dealkylation sites (N-methyl/N-ethyl adjacent to an activating group) is 1. The number of carbonyl (C=O) groups excluding carboxylic acids is 1. The van der Waals surface area contributed by atoms with Crippen LogP contribution in [0.3, 0.4) is 0 Å². The maximum Gasteiger partial charge on any atom is 0.255 e. The predicted molar refractivity (Wildman–Crippen MR) is 152 cm³/mol. The highest BCUT2D eigenvalue weighted by Crippen LogP contribution is 2.29. The highest BCUT2D eigenvalue weighted by molar-refractivity contribution is 7.14. The van der Waals surface area contributed by atoms with Crippen molar-refractivity contribution in [1.82, 2.24) is 19.8 Å². The first kappa shape index (κ1) is 25.1. The van der Waals surface area contributed by atoms with Gasteiger partial charge in [-0.05, 0) is 61.0 Å². The number of rotatable bonds is 8. The van der Waals surface area contributed by atoms with Crippen LogP contribution in [0, 0.1) is 6.92 Å². The van der Waals surface area contributed by atoms with E-state index in [1.807, 2.05) is 54.8 Å². The van der Waals surface area contributed by atoms with E-state index in [0.29, 0.717) is 5.56 Å². The molecule has 2 aromatic carbocycles. The van der Waals surface area contributed by atoms with Gasteiger partial charge in [0.1, 0.15) is 0 Å². The second kappa shape index (κ2) is 11.6. The fourth-order valence-electron chi connectivity index (χ4n) is 4.41. The fraction of sp³-hybridized carbons (Fsp3) is 0.276. The summed E-state index contributed by atoms with van der Waals surface area (Å²) in [6, 6.07) is 17.7. The third-order valence-electron chi connectivity index (χ3n) is 6.73. The van der Waals surface area contributed by atoms with Crippen LogP contribution in [0.15, 0.2) is 72.4 Å². The molecule has 4 aromatic rings. The minimum Gasteiger partial charge on any atom is -0.331 e. The Kier molecular flexibility index (Phi) is 7.89. The van der Waals surface area contributed by atoms with Crippen LogP contribution < -0.4 is 10.6 Å². The van der Waals surface area contributed by atoms with Gasteiger partial charge in [0, 0.05) is 73.0 Å². The van der Waals surface area contributed by atoms with Gasteiger partial charge >= 0.3 is 0 Å². The van der Waals surface area contributed by atoms with Crippen molar-refractivity contribution in [2.45, 2.75) is 20.4 Å². The molecule has 1 saturated heterocycles. The van der Waals surface area contributed by atoms with Crippen molar-refractivity contribution in [1.29, 1.82) is 0 Å². The lowest BCUT2D eigenvalue weighted by Crippen LogP contribution is -2.45. The van der Waals surface area contributed by atoms with Crippen molar-refractivity contribution in [2.75, 3.05) is 43.4 Å². The van der Waals surface area contributed by atoms with Crippen molar-refractivity contribution >= 4 is 33.8 Å². The van der Waals surface area contributed by atoms with Gasteiger partial charge in [0.05, 0.1) is 5.69 Å². The lowest BCUT2D eigenvalue weighted by Gasteiger charge is -2.34. The van der Waals surface area contributed by atoms with Gasteiger partial charge in [0.15, 0.2) is 5.13 Å². The predicted octanol–water partition coefficient (Wildman–Crippen LogP) is 5.65. The zero-order valence-electron chi connectivity index (χ0n) is 21.3. The number of aryl methyl sites for hydroxylation is 1. The van der Waals surface area contributed by atoms with E-state index in [2.05, 4.69) is 49.5 Å². The molecule has 7 nitrogen and oxygen atoms in total. The molecule has 1 aliphatic heterocycles. The van der Waals surface area contributed by atoms with Crippen molar-refractivity contribution in [3.8, 4) is 11.3 Å². The van der Waals surface area contributed by atoms with Gasteiger partial charge in [-0.15, -0.1) is 11.3 Å². The minimum atomic E-state index is -0.119. The zero-order chi connectivity index (χ0) is 25.6. The average Bonchev–Trinajstić information content (AvgIpc) is 3.40. The summed E-state index contributed by atoms with van der Waals surface area (Å²) in [6.45, 7) is 10.7. The van der Waals surface area contributed by atoms with Crippen LogP contribution in [-0.4, -0.2) is 58.4 Å². The molecular weight excluding hydrogens is 480 g/mol. The third-order valence-corrected chi connectivity index (χ3v) is 7.49. The molecule has 190 valence electrons. The van der Waals surface area contributed by atoms with E-state index >= 15 is 0 Å². The van der Waals surface area contributed by atoms with E-state index < -0.39 is 0 Å². The maximum atomic E-state index is 12.9. The number of hydrogen-bond acceptors (Lipinski definition) is 7. The summed E-state index contributed by atoms with van der Waals surface area (Å²) in [4.78, 5) is 26.7. The van der Waals surface area contributed by atoms with Crippen LogP contribution in [0.4, 0.5) is 16.5 Å². The molecule has 1 fully saturated rings. The normalized spacial score (nSPS) is 14.4. The number of thiazole rings is 1. The number of benzene rings is 2. The van der Waals surface area contributed by atoms with E-state index in [0.717, 1.165) is 72.6 Å². The highest BCUT2D eigenvalue weighted by atomic mass is 32.1. The molecule has 0 unspecified atom stereocenters. The number of nitrogens with zero attached hydrogens (tertiary/aromatic N) is 4. The molecule has 2 aromatic heterocycles. The fourth-order valence-corrected chi connectivity index (χ4v) is 5.15. The summed E-state index contributed by atoms with van der Waals surface area (Å²) in [5, 5.41) is 9.23. The van der Waals surface area contributed by atoms with E-state index in [1.165, 1.54) is 16.9 Å². The molecule has 0 spiro atoms. The SMILES string of the molecule is CCN1CCN(Cc2ccc(C(=O)Nc3ccc(C)c(Nc4nc(-c5cccnc5)cs4)c3)cc2)CC1. The first-order valence-corrected chi connectivity index (χ1v) is 13.5. The number of piperazine rings is 1. The first-order chi connectivity index (χ1) is 18.1. The van der Waals surface area contributed by atoms with Crippen LogP contribution in [-0.2, 0) is 6.54 Å². The summed E-state index contributed by atoms with van der Waals surface area (Å²) in [7, 11) is 0. The van der Waals surface area contributed by atoms with Gasteiger partial charge in [-0.2, -0.15) is 0 Å². The monoisotopic (exact) mass is 512 g/mol. The van der Waals surface area contributed by atoms with Crippen molar-refractivity contribution in [3.05, 3.63) is 89.1 Å². The Morgan fingerprint density at radius 2 is 1.81 bits per heavy atom. The van der Waals surface area contributed by atoms with Crippen LogP contribution in [0.25, 0.3) is 11.3 Å². The molecule has 5 rings (SSSR count). The number of aromatic nitrogens is 2. The van der Waals surface area contributed by atoms with Crippen molar-refractivity contribution in [3.63, 3.8) is 0 Å². The van der Waals surface area contributed by atoms with Crippen LogP contribution in [0.5, 0.6) is 0 Å². The molecule has 37 heavy (non-hydrogen) atoms. The smallest absolute Gasteiger partial charge is 0.255 e. The Morgan fingerprint density at radius 3 is 2.54 bits per heavy atom. The van der Waals surface area contributed by atoms with Gasteiger partial charge in [0.25, 0.3) is 5.91 Å². The molecule has 0 saturated carbocycles. The van der Waals surface area contributed by atoms with Crippen LogP contribution in [0.2, 0.25) is 0 Å². The Labute approximate surface area is 222 Å². The number of pyridine rings is 1. The second-order valence-corrected chi connectivity index (χ2v) is 10.2. The van der Waals surface area contributed by atoms with Crippen molar-refractivity contribution in [2.24, 2.45) is 0 Å². The molecule has 1 aliphatic rings. The summed E-state index contributed by atoms with van der Waals surface area (Å²) in [6.07, 6.45) is 3.56. The van der Waals surface area contributed by atoms with Gasteiger partial charge in [-0.1, -0.05) is 25.1 Å². The molecule has 1 amide bonds. The zero-order valence-corrected chi connectivity index (χ0v) is 22.1. The Bertz CT molecular complexity index is 1330. The number of nitrogens with one attached hydrogen (secondary N) is 2. The molecule has 2 N–H and O–H groups in total. The summed E-state index contributed by atoms with van der Waals surface area (Å²) in [5.74, 6) is -0.119. The molecule has 8 heteroatoms. The number of hydrogen-bond donors (Lipinski definition) is 2. The Balaban J connectivity index is 1.20. The minimum absolute atomic E-state index is 0.119. The third kappa shape index (κ3) is 6.40. The maximum absolute atomic E-state index is 12.9.